The molecule has 0 fully saturated rings. The van der Waals surface area contributed by atoms with Crippen LogP contribution in [-0.2, 0) is 19.9 Å². The SMILES string of the molecule is CCCc1ccc(/C=N\N(CC)c2cc(=O)n(C)c(=O)[nH]2)cc1CCC. The van der Waals surface area contributed by atoms with E-state index in [4.69, 9.17) is 0 Å². The number of nitrogens with zero attached hydrogens (tertiary/aromatic N) is 3. The maximum Gasteiger partial charge on any atom is 0.329 e. The second-order valence-electron chi connectivity index (χ2n) is 6.35. The van der Waals surface area contributed by atoms with E-state index < -0.39 is 5.69 Å². The summed E-state index contributed by atoms with van der Waals surface area (Å²) in [6, 6.07) is 7.80. The molecule has 1 N–H and O–H groups in total. The molecule has 0 radical (unpaired) electrons. The number of rotatable bonds is 8. The minimum atomic E-state index is -0.449. The zero-order valence-corrected chi connectivity index (χ0v) is 16.1. The summed E-state index contributed by atoms with van der Waals surface area (Å²) in [7, 11) is 1.44. The van der Waals surface area contributed by atoms with E-state index >= 15 is 0 Å². The van der Waals surface area contributed by atoms with Crippen LogP contribution in [0.1, 0.15) is 50.3 Å². The summed E-state index contributed by atoms with van der Waals surface area (Å²) in [6.07, 6.45) is 6.14. The van der Waals surface area contributed by atoms with E-state index in [0.29, 0.717) is 12.4 Å². The molecule has 1 aromatic heterocycles. The zero-order chi connectivity index (χ0) is 19.1. The Labute approximate surface area is 154 Å². The molecule has 0 saturated carbocycles. The van der Waals surface area contributed by atoms with Gasteiger partial charge in [-0.05, 0) is 42.5 Å². The van der Waals surface area contributed by atoms with Crippen molar-refractivity contribution in [3.63, 3.8) is 0 Å². The Hall–Kier alpha value is -2.63. The van der Waals surface area contributed by atoms with E-state index in [1.807, 2.05) is 6.92 Å². The summed E-state index contributed by atoms with van der Waals surface area (Å²) >= 11 is 0. The van der Waals surface area contributed by atoms with Gasteiger partial charge >= 0.3 is 5.69 Å². The van der Waals surface area contributed by atoms with Crippen molar-refractivity contribution in [3.05, 3.63) is 61.8 Å². The number of aryl methyl sites for hydroxylation is 2. The Kier molecular flexibility index (Phi) is 6.95. The lowest BCUT2D eigenvalue weighted by atomic mass is 9.97. The van der Waals surface area contributed by atoms with Gasteiger partial charge in [0.2, 0.25) is 0 Å². The molecule has 0 amide bonds. The van der Waals surface area contributed by atoms with Crippen LogP contribution in [0.25, 0.3) is 0 Å². The normalized spacial score (nSPS) is 11.2. The smallest absolute Gasteiger partial charge is 0.292 e. The number of aromatic amines is 1. The lowest BCUT2D eigenvalue weighted by Crippen LogP contribution is -2.34. The van der Waals surface area contributed by atoms with Crippen molar-refractivity contribution in [2.24, 2.45) is 12.1 Å². The van der Waals surface area contributed by atoms with Crippen LogP contribution in [0.5, 0.6) is 0 Å². The molecule has 140 valence electrons. The number of aromatic nitrogens is 2. The maximum atomic E-state index is 11.8. The molecule has 0 spiro atoms. The van der Waals surface area contributed by atoms with Gasteiger partial charge in [-0.15, -0.1) is 0 Å². The summed E-state index contributed by atoms with van der Waals surface area (Å²) in [6.45, 7) is 6.83. The third kappa shape index (κ3) is 4.71. The predicted molar refractivity (Wildman–Crippen MR) is 107 cm³/mol. The van der Waals surface area contributed by atoms with Crippen LogP contribution in [0.15, 0.2) is 39.0 Å². The van der Waals surface area contributed by atoms with Crippen LogP contribution in [-0.4, -0.2) is 22.3 Å². The first-order valence-corrected chi connectivity index (χ1v) is 9.23. The van der Waals surface area contributed by atoms with E-state index in [9.17, 15) is 9.59 Å². The summed E-state index contributed by atoms with van der Waals surface area (Å²) in [5, 5.41) is 6.07. The van der Waals surface area contributed by atoms with Gasteiger partial charge in [-0.25, -0.2) is 9.80 Å². The second-order valence-corrected chi connectivity index (χ2v) is 6.35. The quantitative estimate of drug-likeness (QED) is 0.584. The number of hydrogen-bond acceptors (Lipinski definition) is 4. The highest BCUT2D eigenvalue weighted by Crippen LogP contribution is 2.16. The number of hydrazone groups is 1. The van der Waals surface area contributed by atoms with Gasteiger partial charge in [-0.1, -0.05) is 38.8 Å². The minimum absolute atomic E-state index is 0.355. The van der Waals surface area contributed by atoms with Gasteiger partial charge in [0.1, 0.15) is 5.82 Å². The molecule has 2 aromatic rings. The molecule has 0 aliphatic carbocycles. The number of benzene rings is 1. The lowest BCUT2D eigenvalue weighted by molar-refractivity contribution is 0.756. The molecular formula is C20H28N4O2. The molecule has 0 unspecified atom stereocenters. The first-order chi connectivity index (χ1) is 12.5. The molecule has 1 heterocycles. The van der Waals surface area contributed by atoms with Crippen LogP contribution < -0.4 is 16.3 Å². The number of nitrogens with one attached hydrogen (secondary N) is 1. The molecule has 0 atom stereocenters. The summed E-state index contributed by atoms with van der Waals surface area (Å²) in [4.78, 5) is 26.3. The van der Waals surface area contributed by atoms with Crippen molar-refractivity contribution in [3.8, 4) is 0 Å². The Morgan fingerprint density at radius 3 is 2.38 bits per heavy atom. The van der Waals surface area contributed by atoms with Gasteiger partial charge < -0.3 is 0 Å². The second kappa shape index (κ2) is 9.17. The number of anilines is 1. The molecule has 6 heteroatoms. The van der Waals surface area contributed by atoms with E-state index in [0.717, 1.165) is 35.8 Å². The van der Waals surface area contributed by atoms with E-state index in [-0.39, 0.29) is 5.56 Å². The highest BCUT2D eigenvalue weighted by atomic mass is 16.2. The fourth-order valence-electron chi connectivity index (χ4n) is 2.87. The highest BCUT2D eigenvalue weighted by Gasteiger charge is 2.07. The maximum absolute atomic E-state index is 11.8. The fraction of sp³-hybridized carbons (Fsp3) is 0.450. The largest absolute Gasteiger partial charge is 0.329 e. The molecule has 0 aliphatic heterocycles. The molecule has 6 nitrogen and oxygen atoms in total. The average molecular weight is 356 g/mol. The topological polar surface area (TPSA) is 70.5 Å². The van der Waals surface area contributed by atoms with E-state index in [1.165, 1.54) is 24.2 Å². The van der Waals surface area contributed by atoms with Crippen molar-refractivity contribution >= 4 is 12.0 Å². The van der Waals surface area contributed by atoms with Gasteiger partial charge in [0.05, 0.1) is 6.21 Å². The van der Waals surface area contributed by atoms with Crippen molar-refractivity contribution < 1.29 is 0 Å². The van der Waals surface area contributed by atoms with Gasteiger partial charge in [-0.3, -0.25) is 14.3 Å². The van der Waals surface area contributed by atoms with Crippen LogP contribution in [0, 0.1) is 0 Å². The summed E-state index contributed by atoms with van der Waals surface area (Å²) < 4.78 is 1.03. The van der Waals surface area contributed by atoms with Crippen molar-refractivity contribution in [2.75, 3.05) is 11.6 Å². The van der Waals surface area contributed by atoms with Gasteiger partial charge in [0, 0.05) is 19.7 Å². The molecule has 0 bridgehead atoms. The van der Waals surface area contributed by atoms with Gasteiger partial charge in [0.25, 0.3) is 5.56 Å². The molecular weight excluding hydrogens is 328 g/mol. The van der Waals surface area contributed by atoms with Crippen LogP contribution >= 0.6 is 0 Å². The summed E-state index contributed by atoms with van der Waals surface area (Å²) in [5.41, 5.74) is 2.97. The number of hydrogen-bond donors (Lipinski definition) is 1. The molecule has 1 aromatic carbocycles. The minimum Gasteiger partial charge on any atom is -0.292 e. The van der Waals surface area contributed by atoms with Crippen molar-refractivity contribution in [1.82, 2.24) is 9.55 Å². The fourth-order valence-corrected chi connectivity index (χ4v) is 2.87. The first-order valence-electron chi connectivity index (χ1n) is 9.23. The highest BCUT2D eigenvalue weighted by molar-refractivity contribution is 5.80. The third-order valence-electron chi connectivity index (χ3n) is 4.32. The molecule has 0 saturated heterocycles. The molecule has 0 aliphatic rings. The predicted octanol–water partition coefficient (Wildman–Crippen LogP) is 2.84. The Bertz CT molecular complexity index is 849. The standard InChI is InChI=1S/C20H28N4O2/c1-5-8-16-11-10-15(12-17(16)9-6-2)14-21-24(7-3)18-13-19(25)23(4)20(26)22-18/h10-14H,5-9H2,1-4H3,(H,22,26)/b21-14-. The zero-order valence-electron chi connectivity index (χ0n) is 16.1. The van der Waals surface area contributed by atoms with Crippen LogP contribution in [0.2, 0.25) is 0 Å². The lowest BCUT2D eigenvalue weighted by Gasteiger charge is -2.16. The van der Waals surface area contributed by atoms with Crippen LogP contribution in [0.4, 0.5) is 5.82 Å². The molecule has 26 heavy (non-hydrogen) atoms. The first kappa shape index (κ1) is 19.7. The Morgan fingerprint density at radius 2 is 1.77 bits per heavy atom. The van der Waals surface area contributed by atoms with Crippen molar-refractivity contribution in [2.45, 2.75) is 46.5 Å². The van der Waals surface area contributed by atoms with E-state index in [1.54, 1.807) is 11.2 Å². The van der Waals surface area contributed by atoms with Crippen LogP contribution in [0.3, 0.4) is 0 Å². The van der Waals surface area contributed by atoms with Crippen molar-refractivity contribution in [1.29, 1.82) is 0 Å². The Morgan fingerprint density at radius 1 is 1.08 bits per heavy atom. The third-order valence-corrected chi connectivity index (χ3v) is 4.32. The summed E-state index contributed by atoms with van der Waals surface area (Å²) in [5.74, 6) is 0.397. The van der Waals surface area contributed by atoms with Gasteiger partial charge in [-0.2, -0.15) is 5.10 Å². The molecule has 2 rings (SSSR count). The monoisotopic (exact) mass is 356 g/mol. The average Bonchev–Trinajstić information content (AvgIpc) is 2.62. The van der Waals surface area contributed by atoms with E-state index in [2.05, 4.69) is 42.1 Å². The Balaban J connectivity index is 2.30. The number of H-pyrrole nitrogens is 1. The van der Waals surface area contributed by atoms with Gasteiger partial charge in [0.15, 0.2) is 0 Å².